The Bertz CT molecular complexity index is 1250. The maximum atomic E-state index is 13.0. The van der Waals surface area contributed by atoms with Crippen molar-refractivity contribution < 1.29 is 9.21 Å². The summed E-state index contributed by atoms with van der Waals surface area (Å²) in [6, 6.07) is 19.7. The van der Waals surface area contributed by atoms with Gasteiger partial charge in [0.05, 0.1) is 23.7 Å². The number of furan rings is 1. The van der Waals surface area contributed by atoms with Gasteiger partial charge in [-0.15, -0.1) is 0 Å². The number of para-hydroxylation sites is 1. The maximum absolute atomic E-state index is 13.0. The number of aromatic nitrogens is 2. The van der Waals surface area contributed by atoms with Crippen LogP contribution in [0.5, 0.6) is 0 Å². The number of carbonyl (C=O) groups excluding carboxylic acids is 1. The predicted molar refractivity (Wildman–Crippen MR) is 109 cm³/mol. The van der Waals surface area contributed by atoms with Gasteiger partial charge in [-0.3, -0.25) is 18.7 Å². The summed E-state index contributed by atoms with van der Waals surface area (Å²) in [4.78, 5) is 38.4. The maximum Gasteiger partial charge on any atom is 0.332 e. The summed E-state index contributed by atoms with van der Waals surface area (Å²) in [6.07, 6.45) is 1.48. The van der Waals surface area contributed by atoms with Crippen LogP contribution < -0.4 is 16.6 Å². The van der Waals surface area contributed by atoms with Crippen LogP contribution >= 0.6 is 0 Å². The molecule has 0 spiro atoms. The van der Waals surface area contributed by atoms with Crippen LogP contribution in [0.4, 0.5) is 0 Å². The average Bonchev–Trinajstić information content (AvgIpc) is 3.27. The Morgan fingerprint density at radius 1 is 0.897 bits per heavy atom. The van der Waals surface area contributed by atoms with Crippen LogP contribution in [0.3, 0.4) is 0 Å². The van der Waals surface area contributed by atoms with Crippen LogP contribution in [0.15, 0.2) is 87.0 Å². The second-order valence-electron chi connectivity index (χ2n) is 6.62. The first-order chi connectivity index (χ1) is 14.1. The van der Waals surface area contributed by atoms with Gasteiger partial charge in [0.2, 0.25) is 5.91 Å². The minimum absolute atomic E-state index is 0.00113. The van der Waals surface area contributed by atoms with Crippen LogP contribution in [-0.4, -0.2) is 15.0 Å². The summed E-state index contributed by atoms with van der Waals surface area (Å²) < 4.78 is 7.69. The normalized spacial score (nSPS) is 10.9. The lowest BCUT2D eigenvalue weighted by atomic mass is 10.2. The van der Waals surface area contributed by atoms with Crippen molar-refractivity contribution >= 4 is 16.8 Å². The van der Waals surface area contributed by atoms with E-state index in [2.05, 4.69) is 5.32 Å². The molecule has 0 fully saturated rings. The summed E-state index contributed by atoms with van der Waals surface area (Å²) in [5.41, 5.74) is 0.414. The Hall–Kier alpha value is -3.87. The predicted octanol–water partition coefficient (Wildman–Crippen LogP) is 2.12. The number of fused-ring (bicyclic) bond motifs is 1. The SMILES string of the molecule is O=C(Cn1c(=O)n(Cc2ccco2)c(=O)c2ccccc21)NCc1ccccc1. The first-order valence-electron chi connectivity index (χ1n) is 9.19. The molecule has 0 unspecified atom stereocenters. The minimum atomic E-state index is -0.556. The van der Waals surface area contributed by atoms with Gasteiger partial charge in [-0.1, -0.05) is 42.5 Å². The van der Waals surface area contributed by atoms with E-state index in [-0.39, 0.29) is 19.0 Å². The molecule has 1 N–H and O–H groups in total. The van der Waals surface area contributed by atoms with Gasteiger partial charge >= 0.3 is 5.69 Å². The van der Waals surface area contributed by atoms with Crippen molar-refractivity contribution in [1.29, 1.82) is 0 Å². The molecule has 29 heavy (non-hydrogen) atoms. The van der Waals surface area contributed by atoms with Crippen molar-refractivity contribution in [3.8, 4) is 0 Å². The Kier molecular flexibility index (Phi) is 5.11. The fourth-order valence-corrected chi connectivity index (χ4v) is 3.22. The molecule has 0 saturated heterocycles. The molecule has 4 aromatic rings. The molecule has 2 aromatic carbocycles. The molecule has 0 aliphatic rings. The van der Waals surface area contributed by atoms with E-state index in [4.69, 9.17) is 4.42 Å². The highest BCUT2D eigenvalue weighted by Gasteiger charge is 2.16. The second-order valence-corrected chi connectivity index (χ2v) is 6.62. The highest BCUT2D eigenvalue weighted by molar-refractivity contribution is 5.81. The van der Waals surface area contributed by atoms with Gasteiger partial charge in [0.1, 0.15) is 12.3 Å². The topological polar surface area (TPSA) is 86.2 Å². The lowest BCUT2D eigenvalue weighted by molar-refractivity contribution is -0.121. The summed E-state index contributed by atoms with van der Waals surface area (Å²) in [6.45, 7) is 0.171. The molecule has 0 bridgehead atoms. The van der Waals surface area contributed by atoms with Gasteiger partial charge in [0.25, 0.3) is 5.56 Å². The lowest BCUT2D eigenvalue weighted by Crippen LogP contribution is -2.42. The molecule has 4 rings (SSSR count). The molecule has 146 valence electrons. The molecule has 0 radical (unpaired) electrons. The van der Waals surface area contributed by atoms with E-state index in [1.54, 1.807) is 36.4 Å². The number of hydrogen-bond acceptors (Lipinski definition) is 4. The first kappa shape index (κ1) is 18.5. The number of amides is 1. The Morgan fingerprint density at radius 2 is 1.66 bits per heavy atom. The third-order valence-corrected chi connectivity index (χ3v) is 4.66. The number of nitrogens with zero attached hydrogens (tertiary/aromatic N) is 2. The van der Waals surface area contributed by atoms with Gasteiger partial charge < -0.3 is 9.73 Å². The van der Waals surface area contributed by atoms with E-state index in [0.717, 1.165) is 10.1 Å². The number of carbonyl (C=O) groups is 1. The van der Waals surface area contributed by atoms with Crippen LogP contribution in [0.25, 0.3) is 10.9 Å². The lowest BCUT2D eigenvalue weighted by Gasteiger charge is -2.13. The fraction of sp³-hybridized carbons (Fsp3) is 0.136. The standard InChI is InChI=1S/C22H19N3O4/c26-20(23-13-16-7-2-1-3-8-16)15-24-19-11-5-4-10-18(19)21(27)25(22(24)28)14-17-9-6-12-29-17/h1-12H,13-15H2,(H,23,26). The van der Waals surface area contributed by atoms with E-state index in [9.17, 15) is 14.4 Å². The summed E-state index contributed by atoms with van der Waals surface area (Å²) >= 11 is 0. The molecular weight excluding hydrogens is 370 g/mol. The quantitative estimate of drug-likeness (QED) is 0.547. The molecule has 2 aromatic heterocycles. The van der Waals surface area contributed by atoms with Crippen molar-refractivity contribution in [2.45, 2.75) is 19.6 Å². The zero-order valence-electron chi connectivity index (χ0n) is 15.6. The Labute approximate surface area is 165 Å². The van der Waals surface area contributed by atoms with E-state index in [1.807, 2.05) is 30.3 Å². The van der Waals surface area contributed by atoms with E-state index in [0.29, 0.717) is 23.2 Å². The van der Waals surface area contributed by atoms with Crippen LogP contribution in [0.2, 0.25) is 0 Å². The van der Waals surface area contributed by atoms with Crippen LogP contribution in [0, 0.1) is 0 Å². The van der Waals surface area contributed by atoms with Gasteiger partial charge in [-0.05, 0) is 29.8 Å². The van der Waals surface area contributed by atoms with Gasteiger partial charge in [-0.2, -0.15) is 0 Å². The van der Waals surface area contributed by atoms with Crippen molar-refractivity contribution in [3.63, 3.8) is 0 Å². The third-order valence-electron chi connectivity index (χ3n) is 4.66. The molecule has 0 aliphatic heterocycles. The van der Waals surface area contributed by atoms with Gasteiger partial charge in [0, 0.05) is 6.54 Å². The monoisotopic (exact) mass is 389 g/mol. The van der Waals surface area contributed by atoms with Crippen molar-refractivity contribution in [3.05, 3.63) is 105 Å². The molecule has 0 atom stereocenters. The summed E-state index contributed by atoms with van der Waals surface area (Å²) in [5.74, 6) is 0.170. The first-order valence-corrected chi connectivity index (χ1v) is 9.19. The average molecular weight is 389 g/mol. The highest BCUT2D eigenvalue weighted by atomic mass is 16.3. The number of benzene rings is 2. The summed E-state index contributed by atoms with van der Waals surface area (Å²) in [5, 5.41) is 3.18. The van der Waals surface area contributed by atoms with E-state index < -0.39 is 11.2 Å². The molecule has 2 heterocycles. The van der Waals surface area contributed by atoms with Crippen molar-refractivity contribution in [2.75, 3.05) is 0 Å². The van der Waals surface area contributed by atoms with Gasteiger partial charge in [-0.25, -0.2) is 4.79 Å². The highest BCUT2D eigenvalue weighted by Crippen LogP contribution is 2.09. The Balaban J connectivity index is 1.68. The van der Waals surface area contributed by atoms with E-state index in [1.165, 1.54) is 10.8 Å². The van der Waals surface area contributed by atoms with Crippen LogP contribution in [0.1, 0.15) is 11.3 Å². The molecular formula is C22H19N3O4. The van der Waals surface area contributed by atoms with Crippen molar-refractivity contribution in [2.24, 2.45) is 0 Å². The fourth-order valence-electron chi connectivity index (χ4n) is 3.22. The number of rotatable bonds is 6. The largest absolute Gasteiger partial charge is 0.467 e. The smallest absolute Gasteiger partial charge is 0.332 e. The number of hydrogen-bond donors (Lipinski definition) is 1. The molecule has 7 heteroatoms. The van der Waals surface area contributed by atoms with Crippen LogP contribution in [-0.2, 0) is 24.4 Å². The Morgan fingerprint density at radius 3 is 2.41 bits per heavy atom. The zero-order valence-corrected chi connectivity index (χ0v) is 15.6. The van der Waals surface area contributed by atoms with E-state index >= 15 is 0 Å². The molecule has 7 nitrogen and oxygen atoms in total. The third kappa shape index (κ3) is 3.89. The number of nitrogens with one attached hydrogen (secondary N) is 1. The second kappa shape index (κ2) is 8.02. The summed E-state index contributed by atoms with van der Waals surface area (Å²) in [7, 11) is 0. The molecule has 0 aliphatic carbocycles. The molecule has 0 saturated carbocycles. The zero-order chi connectivity index (χ0) is 20.2. The minimum Gasteiger partial charge on any atom is -0.467 e. The van der Waals surface area contributed by atoms with Gasteiger partial charge in [0.15, 0.2) is 0 Å². The van der Waals surface area contributed by atoms with Crippen molar-refractivity contribution in [1.82, 2.24) is 14.5 Å². The molecule has 1 amide bonds.